The smallest absolute Gasteiger partial charge is 0.253 e. The zero-order valence-electron chi connectivity index (χ0n) is 13.1. The molecule has 0 aromatic heterocycles. The molecule has 1 amide bonds. The van der Waals surface area contributed by atoms with Gasteiger partial charge in [-0.3, -0.25) is 4.79 Å². The van der Waals surface area contributed by atoms with Gasteiger partial charge in [-0.25, -0.2) is 13.1 Å². The average Bonchev–Trinajstić information content (AvgIpc) is 3.39. The molecule has 5 nitrogen and oxygen atoms in total. The van der Waals surface area contributed by atoms with Crippen molar-refractivity contribution in [1.82, 2.24) is 10.0 Å². The Morgan fingerprint density at radius 1 is 1.08 bits per heavy atom. The van der Waals surface area contributed by atoms with Crippen LogP contribution in [0, 0.1) is 0 Å². The number of sulfonamides is 1. The third-order valence-corrected chi connectivity index (χ3v) is 6.14. The quantitative estimate of drug-likeness (QED) is 0.782. The van der Waals surface area contributed by atoms with Crippen LogP contribution < -0.4 is 10.0 Å². The fraction of sp³-hybridized carbons (Fsp3) is 0.235. The minimum absolute atomic E-state index is 0.0615. The lowest BCUT2D eigenvalue weighted by atomic mass is 10.2. The molecule has 0 radical (unpaired) electrons. The minimum atomic E-state index is -3.47. The van der Waals surface area contributed by atoms with Crippen molar-refractivity contribution in [2.75, 3.05) is 0 Å². The summed E-state index contributed by atoms with van der Waals surface area (Å²) in [5, 5.41) is 3.25. The summed E-state index contributed by atoms with van der Waals surface area (Å²) in [6, 6.07) is 11.3. The maximum atomic E-state index is 12.2. The molecule has 0 bridgehead atoms. The van der Waals surface area contributed by atoms with E-state index in [1.165, 1.54) is 12.1 Å². The number of halogens is 2. The Bertz CT molecular complexity index is 895. The topological polar surface area (TPSA) is 75.3 Å². The summed E-state index contributed by atoms with van der Waals surface area (Å²) in [4.78, 5) is 12.4. The highest BCUT2D eigenvalue weighted by molar-refractivity contribution is 7.89. The van der Waals surface area contributed by atoms with E-state index in [9.17, 15) is 13.2 Å². The van der Waals surface area contributed by atoms with Crippen molar-refractivity contribution in [3.63, 3.8) is 0 Å². The van der Waals surface area contributed by atoms with Gasteiger partial charge in [0.05, 0.1) is 20.5 Å². The van der Waals surface area contributed by atoms with Crippen molar-refractivity contribution >= 4 is 39.1 Å². The second-order valence-corrected chi connectivity index (χ2v) is 8.32. The largest absolute Gasteiger partial charge is 0.348 e. The Hall–Kier alpha value is -1.60. The third-order valence-electron chi connectivity index (χ3n) is 3.78. The van der Waals surface area contributed by atoms with Gasteiger partial charge in [-0.05, 0) is 42.7 Å². The zero-order valence-corrected chi connectivity index (χ0v) is 15.5. The van der Waals surface area contributed by atoms with Crippen molar-refractivity contribution in [3.8, 4) is 0 Å². The summed E-state index contributed by atoms with van der Waals surface area (Å²) in [6.45, 7) is 0.248. The number of carbonyl (C=O) groups excluding carboxylic acids is 1. The Kier molecular flexibility index (Phi) is 5.34. The molecule has 0 aliphatic heterocycles. The highest BCUT2D eigenvalue weighted by Crippen LogP contribution is 2.25. The van der Waals surface area contributed by atoms with Crippen LogP contribution in [0.5, 0.6) is 0 Å². The van der Waals surface area contributed by atoms with E-state index < -0.39 is 10.0 Å². The standard InChI is InChI=1S/C17H16Cl2N2O3S/c18-15-3-1-2-14(16(15)19)17(22)20-10-11-4-8-13(9-5-11)25(23,24)21-12-6-7-12/h1-5,8-9,12,21H,6-7,10H2,(H,20,22). The van der Waals surface area contributed by atoms with E-state index >= 15 is 0 Å². The maximum absolute atomic E-state index is 12.2. The highest BCUT2D eigenvalue weighted by atomic mass is 35.5. The lowest BCUT2D eigenvalue weighted by Crippen LogP contribution is -2.26. The van der Waals surface area contributed by atoms with Crippen molar-refractivity contribution in [1.29, 1.82) is 0 Å². The molecule has 0 atom stereocenters. The number of hydrogen-bond acceptors (Lipinski definition) is 3. The van der Waals surface area contributed by atoms with Gasteiger partial charge in [0.2, 0.25) is 10.0 Å². The molecule has 0 heterocycles. The van der Waals surface area contributed by atoms with E-state index in [0.717, 1.165) is 18.4 Å². The van der Waals surface area contributed by atoms with E-state index in [2.05, 4.69) is 10.0 Å². The summed E-state index contributed by atoms with van der Waals surface area (Å²) < 4.78 is 26.8. The van der Waals surface area contributed by atoms with Gasteiger partial charge in [0.1, 0.15) is 0 Å². The molecule has 3 rings (SSSR count). The first-order chi connectivity index (χ1) is 11.9. The maximum Gasteiger partial charge on any atom is 0.253 e. The summed E-state index contributed by atoms with van der Waals surface area (Å²) in [7, 11) is -3.47. The Morgan fingerprint density at radius 3 is 2.40 bits per heavy atom. The van der Waals surface area contributed by atoms with Gasteiger partial charge in [-0.2, -0.15) is 0 Å². The van der Waals surface area contributed by atoms with Gasteiger partial charge in [-0.15, -0.1) is 0 Å². The van der Waals surface area contributed by atoms with Crippen molar-refractivity contribution in [3.05, 3.63) is 63.6 Å². The Morgan fingerprint density at radius 2 is 1.76 bits per heavy atom. The lowest BCUT2D eigenvalue weighted by Gasteiger charge is -2.09. The second-order valence-electron chi connectivity index (χ2n) is 5.82. The van der Waals surface area contributed by atoms with Crippen LogP contribution in [0.25, 0.3) is 0 Å². The van der Waals surface area contributed by atoms with Crippen LogP contribution in [0.1, 0.15) is 28.8 Å². The van der Waals surface area contributed by atoms with Crippen molar-refractivity contribution in [2.45, 2.75) is 30.3 Å². The van der Waals surface area contributed by atoms with Crippen LogP contribution in [0.2, 0.25) is 10.0 Å². The molecule has 1 aliphatic carbocycles. The summed E-state index contributed by atoms with van der Waals surface area (Å²) >= 11 is 11.9. The highest BCUT2D eigenvalue weighted by Gasteiger charge is 2.27. The van der Waals surface area contributed by atoms with Crippen molar-refractivity contribution < 1.29 is 13.2 Å². The minimum Gasteiger partial charge on any atom is -0.348 e. The van der Waals surface area contributed by atoms with E-state index in [-0.39, 0.29) is 28.4 Å². The first-order valence-electron chi connectivity index (χ1n) is 7.70. The number of hydrogen-bond donors (Lipinski definition) is 2. The molecular weight excluding hydrogens is 383 g/mol. The van der Waals surface area contributed by atoms with Gasteiger partial charge in [0.15, 0.2) is 0 Å². The van der Waals surface area contributed by atoms with Gasteiger partial charge < -0.3 is 5.32 Å². The normalized spacial score (nSPS) is 14.3. The fourth-order valence-corrected chi connectivity index (χ4v) is 3.92. The first kappa shape index (κ1) is 18.2. The molecule has 2 aromatic rings. The van der Waals surface area contributed by atoms with Crippen LogP contribution >= 0.6 is 23.2 Å². The van der Waals surface area contributed by atoms with E-state index in [1.807, 2.05) is 0 Å². The number of nitrogens with one attached hydrogen (secondary N) is 2. The van der Waals surface area contributed by atoms with Gasteiger partial charge in [0, 0.05) is 12.6 Å². The summed E-state index contributed by atoms with van der Waals surface area (Å²) in [5.41, 5.74) is 1.07. The number of carbonyl (C=O) groups is 1. The average molecular weight is 399 g/mol. The predicted molar refractivity (Wildman–Crippen MR) is 97.4 cm³/mol. The summed E-state index contributed by atoms with van der Waals surface area (Å²) in [6.07, 6.45) is 1.77. The molecule has 8 heteroatoms. The van der Waals surface area contributed by atoms with Gasteiger partial charge in [0.25, 0.3) is 5.91 Å². The molecule has 0 saturated heterocycles. The molecule has 25 heavy (non-hydrogen) atoms. The lowest BCUT2D eigenvalue weighted by molar-refractivity contribution is 0.0951. The molecule has 0 spiro atoms. The van der Waals surface area contributed by atoms with Gasteiger partial charge >= 0.3 is 0 Å². The Labute approximate surface area is 156 Å². The molecule has 1 aliphatic rings. The monoisotopic (exact) mass is 398 g/mol. The van der Waals surface area contributed by atoms with Crippen LogP contribution in [0.3, 0.4) is 0 Å². The van der Waals surface area contributed by atoms with Crippen LogP contribution in [0.15, 0.2) is 47.4 Å². The van der Waals surface area contributed by atoms with Gasteiger partial charge in [-0.1, -0.05) is 41.4 Å². The Balaban J connectivity index is 1.63. The molecule has 1 saturated carbocycles. The van der Waals surface area contributed by atoms with E-state index in [4.69, 9.17) is 23.2 Å². The third kappa shape index (κ3) is 4.52. The van der Waals surface area contributed by atoms with Crippen molar-refractivity contribution in [2.24, 2.45) is 0 Å². The van der Waals surface area contributed by atoms with E-state index in [0.29, 0.717) is 10.6 Å². The first-order valence-corrected chi connectivity index (χ1v) is 9.94. The molecule has 132 valence electrons. The molecule has 0 unspecified atom stereocenters. The predicted octanol–water partition coefficient (Wildman–Crippen LogP) is 3.36. The molecule has 2 N–H and O–H groups in total. The molecule has 1 fully saturated rings. The number of amides is 1. The van der Waals surface area contributed by atoms with Crippen LogP contribution in [-0.4, -0.2) is 20.4 Å². The summed E-state index contributed by atoms with van der Waals surface area (Å²) in [5.74, 6) is -0.348. The van der Waals surface area contributed by atoms with Crippen LogP contribution in [-0.2, 0) is 16.6 Å². The SMILES string of the molecule is O=C(NCc1ccc(S(=O)(=O)NC2CC2)cc1)c1cccc(Cl)c1Cl. The number of benzene rings is 2. The second kappa shape index (κ2) is 7.33. The fourth-order valence-electron chi connectivity index (χ4n) is 2.23. The zero-order chi connectivity index (χ0) is 18.0. The van der Waals surface area contributed by atoms with Crippen LogP contribution in [0.4, 0.5) is 0 Å². The van der Waals surface area contributed by atoms with E-state index in [1.54, 1.807) is 30.3 Å². The molecule has 2 aromatic carbocycles. The number of rotatable bonds is 6. The molecular formula is C17H16Cl2N2O3S.